The van der Waals surface area contributed by atoms with Crippen LogP contribution in [-0.2, 0) is 10.3 Å². The van der Waals surface area contributed by atoms with Crippen molar-refractivity contribution in [2.24, 2.45) is 0 Å². The summed E-state index contributed by atoms with van der Waals surface area (Å²) in [6.07, 6.45) is 3.24. The van der Waals surface area contributed by atoms with E-state index in [1.807, 2.05) is 20.8 Å². The predicted octanol–water partition coefficient (Wildman–Crippen LogP) is 1.81. The van der Waals surface area contributed by atoms with Gasteiger partial charge in [0.05, 0.1) is 23.9 Å². The maximum Gasteiger partial charge on any atom is 0.341 e. The van der Waals surface area contributed by atoms with Crippen molar-refractivity contribution < 1.29 is 9.53 Å². The molecule has 0 unspecified atom stereocenters. The number of hydrogen-bond acceptors (Lipinski definition) is 3. The average molecular weight is 196 g/mol. The average Bonchev–Trinajstić information content (AvgIpc) is 2.51. The number of rotatable bonds is 2. The number of ether oxygens (including phenoxy) is 1. The Morgan fingerprint density at radius 1 is 1.57 bits per heavy atom. The molecule has 0 N–H and O–H groups in total. The van der Waals surface area contributed by atoms with E-state index < -0.39 is 0 Å². The maximum atomic E-state index is 11.3. The quantitative estimate of drug-likeness (QED) is 0.677. The van der Waals surface area contributed by atoms with E-state index in [-0.39, 0.29) is 11.5 Å². The smallest absolute Gasteiger partial charge is 0.341 e. The Balaban J connectivity index is 2.83. The molecule has 0 saturated heterocycles. The van der Waals surface area contributed by atoms with Crippen LogP contribution in [0.15, 0.2) is 12.4 Å². The fourth-order valence-corrected chi connectivity index (χ4v) is 1.01. The molecule has 0 spiro atoms. The number of nitrogens with zero attached hydrogens (tertiary/aromatic N) is 2. The Labute approximate surface area is 83.9 Å². The lowest BCUT2D eigenvalue weighted by Gasteiger charge is -2.18. The lowest BCUT2D eigenvalue weighted by molar-refractivity contribution is 0.0526. The minimum Gasteiger partial charge on any atom is -0.462 e. The molecule has 1 rings (SSSR count). The van der Waals surface area contributed by atoms with Gasteiger partial charge < -0.3 is 4.74 Å². The molecule has 0 fully saturated rings. The highest BCUT2D eigenvalue weighted by Crippen LogP contribution is 2.13. The standard InChI is InChI=1S/C10H16N2O2/c1-5-14-9(13)8-6-11-12(7-8)10(2,3)4/h6-7H,5H2,1-4H3. The van der Waals surface area contributed by atoms with Crippen LogP contribution in [-0.4, -0.2) is 22.4 Å². The molecular formula is C10H16N2O2. The van der Waals surface area contributed by atoms with Crippen molar-refractivity contribution in [3.8, 4) is 0 Å². The van der Waals surface area contributed by atoms with Gasteiger partial charge in [-0.3, -0.25) is 4.68 Å². The monoisotopic (exact) mass is 196 g/mol. The number of carbonyl (C=O) groups excluding carboxylic acids is 1. The number of hydrogen-bond donors (Lipinski definition) is 0. The molecule has 0 saturated carbocycles. The summed E-state index contributed by atoms with van der Waals surface area (Å²) in [5.41, 5.74) is 0.395. The van der Waals surface area contributed by atoms with Gasteiger partial charge in [-0.05, 0) is 27.7 Å². The Bertz CT molecular complexity index is 323. The summed E-state index contributed by atoms with van der Waals surface area (Å²) in [5, 5.41) is 4.11. The summed E-state index contributed by atoms with van der Waals surface area (Å²) in [6.45, 7) is 8.24. The highest BCUT2D eigenvalue weighted by molar-refractivity contribution is 5.88. The van der Waals surface area contributed by atoms with Gasteiger partial charge in [0.15, 0.2) is 0 Å². The van der Waals surface area contributed by atoms with E-state index in [0.717, 1.165) is 0 Å². The Kier molecular flexibility index (Phi) is 2.93. The number of aromatic nitrogens is 2. The van der Waals surface area contributed by atoms with Crippen molar-refractivity contribution in [3.05, 3.63) is 18.0 Å². The zero-order valence-corrected chi connectivity index (χ0v) is 9.07. The van der Waals surface area contributed by atoms with E-state index in [9.17, 15) is 4.79 Å². The van der Waals surface area contributed by atoms with Crippen molar-refractivity contribution >= 4 is 5.97 Å². The summed E-state index contributed by atoms with van der Waals surface area (Å²) in [7, 11) is 0. The summed E-state index contributed by atoms with van der Waals surface area (Å²) in [5.74, 6) is -0.317. The van der Waals surface area contributed by atoms with Gasteiger partial charge in [-0.2, -0.15) is 5.10 Å². The molecule has 78 valence electrons. The van der Waals surface area contributed by atoms with Crippen molar-refractivity contribution in [2.75, 3.05) is 6.61 Å². The van der Waals surface area contributed by atoms with Crippen LogP contribution in [0.1, 0.15) is 38.1 Å². The lowest BCUT2D eigenvalue weighted by Crippen LogP contribution is -2.22. The first kappa shape index (κ1) is 10.8. The minimum atomic E-state index is -0.317. The molecule has 0 bridgehead atoms. The molecule has 1 aromatic rings. The van der Waals surface area contributed by atoms with Gasteiger partial charge in [0.25, 0.3) is 0 Å². The van der Waals surface area contributed by atoms with E-state index >= 15 is 0 Å². The second kappa shape index (κ2) is 3.82. The van der Waals surface area contributed by atoms with Crippen LogP contribution >= 0.6 is 0 Å². The Morgan fingerprint density at radius 2 is 2.21 bits per heavy atom. The van der Waals surface area contributed by atoms with Gasteiger partial charge in [-0.15, -0.1) is 0 Å². The third kappa shape index (κ3) is 2.34. The number of carbonyl (C=O) groups is 1. The number of esters is 1. The normalized spacial score (nSPS) is 11.4. The highest BCUT2D eigenvalue weighted by atomic mass is 16.5. The molecule has 0 amide bonds. The summed E-state index contributed by atoms with van der Waals surface area (Å²) in [6, 6.07) is 0. The van der Waals surface area contributed by atoms with Crippen LogP contribution < -0.4 is 0 Å². The van der Waals surface area contributed by atoms with Crippen molar-refractivity contribution in [1.29, 1.82) is 0 Å². The van der Waals surface area contributed by atoms with Crippen LogP contribution in [0, 0.1) is 0 Å². The molecule has 0 radical (unpaired) electrons. The lowest BCUT2D eigenvalue weighted by atomic mass is 10.1. The predicted molar refractivity (Wildman–Crippen MR) is 53.2 cm³/mol. The molecule has 0 aliphatic heterocycles. The molecule has 1 heterocycles. The third-order valence-electron chi connectivity index (χ3n) is 1.78. The Hall–Kier alpha value is -1.32. The van der Waals surface area contributed by atoms with Crippen LogP contribution in [0.4, 0.5) is 0 Å². The van der Waals surface area contributed by atoms with Gasteiger partial charge in [-0.25, -0.2) is 4.79 Å². The van der Waals surface area contributed by atoms with Crippen LogP contribution in [0.25, 0.3) is 0 Å². The second-order valence-corrected chi connectivity index (χ2v) is 4.06. The first-order valence-electron chi connectivity index (χ1n) is 4.67. The maximum absolute atomic E-state index is 11.3. The molecule has 4 nitrogen and oxygen atoms in total. The van der Waals surface area contributed by atoms with Crippen molar-refractivity contribution in [3.63, 3.8) is 0 Å². The van der Waals surface area contributed by atoms with Gasteiger partial charge in [0.1, 0.15) is 0 Å². The molecule has 14 heavy (non-hydrogen) atoms. The molecule has 0 aliphatic rings. The summed E-state index contributed by atoms with van der Waals surface area (Å²) < 4.78 is 6.61. The largest absolute Gasteiger partial charge is 0.462 e. The summed E-state index contributed by atoms with van der Waals surface area (Å²) in [4.78, 5) is 11.3. The minimum absolute atomic E-state index is 0.106. The van der Waals surface area contributed by atoms with Crippen molar-refractivity contribution in [2.45, 2.75) is 33.2 Å². The fourth-order valence-electron chi connectivity index (χ4n) is 1.01. The highest BCUT2D eigenvalue weighted by Gasteiger charge is 2.16. The van der Waals surface area contributed by atoms with Gasteiger partial charge in [0, 0.05) is 6.20 Å². The molecule has 0 aliphatic carbocycles. The molecular weight excluding hydrogens is 180 g/mol. The van der Waals surface area contributed by atoms with Crippen LogP contribution in [0.2, 0.25) is 0 Å². The van der Waals surface area contributed by atoms with Gasteiger partial charge in [-0.1, -0.05) is 0 Å². The van der Waals surface area contributed by atoms with Crippen LogP contribution in [0.3, 0.4) is 0 Å². The Morgan fingerprint density at radius 3 is 2.64 bits per heavy atom. The molecule has 0 atom stereocenters. The van der Waals surface area contributed by atoms with Gasteiger partial charge >= 0.3 is 5.97 Å². The van der Waals surface area contributed by atoms with Crippen LogP contribution in [0.5, 0.6) is 0 Å². The zero-order chi connectivity index (χ0) is 10.8. The first-order chi connectivity index (χ1) is 6.45. The molecule has 1 aromatic heterocycles. The summed E-state index contributed by atoms with van der Waals surface area (Å²) >= 11 is 0. The van der Waals surface area contributed by atoms with Crippen molar-refractivity contribution in [1.82, 2.24) is 9.78 Å². The van der Waals surface area contributed by atoms with E-state index in [1.54, 1.807) is 17.8 Å². The zero-order valence-electron chi connectivity index (χ0n) is 9.07. The van der Waals surface area contributed by atoms with E-state index in [4.69, 9.17) is 4.74 Å². The van der Waals surface area contributed by atoms with E-state index in [2.05, 4.69) is 5.10 Å². The van der Waals surface area contributed by atoms with E-state index in [1.165, 1.54) is 6.20 Å². The SMILES string of the molecule is CCOC(=O)c1cnn(C(C)(C)C)c1. The third-order valence-corrected chi connectivity index (χ3v) is 1.78. The first-order valence-corrected chi connectivity index (χ1v) is 4.67. The topological polar surface area (TPSA) is 44.1 Å². The second-order valence-electron chi connectivity index (χ2n) is 4.06. The molecule has 4 heteroatoms. The van der Waals surface area contributed by atoms with E-state index in [0.29, 0.717) is 12.2 Å². The van der Waals surface area contributed by atoms with Gasteiger partial charge in [0.2, 0.25) is 0 Å². The molecule has 0 aromatic carbocycles. The fraction of sp³-hybridized carbons (Fsp3) is 0.600.